The van der Waals surface area contributed by atoms with Crippen LogP contribution in [0.3, 0.4) is 0 Å². The van der Waals surface area contributed by atoms with Gasteiger partial charge in [0.25, 0.3) is 0 Å². The fraction of sp³-hybridized carbons (Fsp3) is 0.727. The third-order valence-electron chi connectivity index (χ3n) is 2.43. The minimum absolute atomic E-state index is 0.00905. The Kier molecular flexibility index (Phi) is 6.23. The molecule has 2 amide bonds. The molecule has 0 rings (SSSR count). The molecule has 0 saturated heterocycles. The lowest BCUT2D eigenvalue weighted by atomic mass is 9.95. The Labute approximate surface area is 101 Å². The van der Waals surface area contributed by atoms with E-state index in [0.717, 1.165) is 0 Å². The van der Waals surface area contributed by atoms with Gasteiger partial charge in [-0.1, -0.05) is 13.8 Å². The van der Waals surface area contributed by atoms with Gasteiger partial charge in [0.1, 0.15) is 0 Å². The van der Waals surface area contributed by atoms with E-state index in [-0.39, 0.29) is 18.5 Å². The van der Waals surface area contributed by atoms with Gasteiger partial charge in [0, 0.05) is 12.0 Å². The topological polar surface area (TPSA) is 95.5 Å². The molecule has 0 saturated carbocycles. The van der Waals surface area contributed by atoms with Crippen molar-refractivity contribution >= 4 is 17.8 Å². The van der Waals surface area contributed by atoms with E-state index in [1.807, 2.05) is 13.8 Å². The lowest BCUT2D eigenvalue weighted by molar-refractivity contribution is -0.146. The largest absolute Gasteiger partial charge is 0.481 e. The highest BCUT2D eigenvalue weighted by atomic mass is 16.4. The van der Waals surface area contributed by atoms with E-state index < -0.39 is 23.7 Å². The highest BCUT2D eigenvalue weighted by Gasteiger charge is 2.25. The van der Waals surface area contributed by atoms with Crippen LogP contribution in [0, 0.1) is 11.8 Å². The number of amides is 2. The minimum atomic E-state index is -1.03. The molecule has 2 unspecified atom stereocenters. The van der Waals surface area contributed by atoms with Gasteiger partial charge in [0.05, 0.1) is 12.5 Å². The summed E-state index contributed by atoms with van der Waals surface area (Å²) in [6.45, 7) is 6.48. The maximum Gasteiger partial charge on any atom is 0.307 e. The van der Waals surface area contributed by atoms with Crippen LogP contribution in [-0.4, -0.2) is 35.5 Å². The molecule has 0 spiro atoms. The molecule has 3 N–H and O–H groups in total. The van der Waals surface area contributed by atoms with E-state index in [9.17, 15) is 14.4 Å². The summed E-state index contributed by atoms with van der Waals surface area (Å²) in [4.78, 5) is 33.4. The summed E-state index contributed by atoms with van der Waals surface area (Å²) < 4.78 is 0. The van der Waals surface area contributed by atoms with Crippen molar-refractivity contribution in [1.82, 2.24) is 10.6 Å². The summed E-state index contributed by atoms with van der Waals surface area (Å²) in [7, 11) is 0. The second-order valence-electron chi connectivity index (χ2n) is 4.36. The molecule has 17 heavy (non-hydrogen) atoms. The van der Waals surface area contributed by atoms with E-state index in [0.29, 0.717) is 0 Å². The Morgan fingerprint density at radius 1 is 1.06 bits per heavy atom. The maximum absolute atomic E-state index is 11.5. The van der Waals surface area contributed by atoms with Crippen molar-refractivity contribution in [3.8, 4) is 0 Å². The summed E-state index contributed by atoms with van der Waals surface area (Å²) in [5.74, 6) is -3.19. The molecule has 98 valence electrons. The molecule has 0 heterocycles. The van der Waals surface area contributed by atoms with Crippen molar-refractivity contribution in [3.63, 3.8) is 0 Å². The lowest BCUT2D eigenvalue weighted by Crippen LogP contribution is -2.43. The Balaban J connectivity index is 4.10. The molecule has 6 heteroatoms. The summed E-state index contributed by atoms with van der Waals surface area (Å²) >= 11 is 0. The quantitative estimate of drug-likeness (QED) is 0.612. The molecular formula is C11H20N2O4. The standard InChI is InChI=1S/C11H20N2O4/c1-6(2)13-9(14)5-12-10(15)7(3)8(4)11(16)17/h6-8H,5H2,1-4H3,(H,12,15)(H,13,14)(H,16,17). The molecule has 0 aromatic heterocycles. The van der Waals surface area contributed by atoms with E-state index in [4.69, 9.17) is 5.11 Å². The third-order valence-corrected chi connectivity index (χ3v) is 2.43. The molecule has 0 radical (unpaired) electrons. The zero-order valence-electron chi connectivity index (χ0n) is 10.6. The predicted octanol–water partition coefficient (Wildman–Crippen LogP) is -0.0160. The van der Waals surface area contributed by atoms with Gasteiger partial charge in [-0.15, -0.1) is 0 Å². The van der Waals surface area contributed by atoms with E-state index in [2.05, 4.69) is 10.6 Å². The molecule has 6 nitrogen and oxygen atoms in total. The average molecular weight is 244 g/mol. The molecule has 0 bridgehead atoms. The van der Waals surface area contributed by atoms with Gasteiger partial charge in [-0.05, 0) is 13.8 Å². The SMILES string of the molecule is CC(C)NC(=O)CNC(=O)C(C)C(C)C(=O)O. The summed E-state index contributed by atoms with van der Waals surface area (Å²) in [5, 5.41) is 13.8. The van der Waals surface area contributed by atoms with Gasteiger partial charge >= 0.3 is 5.97 Å². The molecule has 0 aliphatic carbocycles. The first-order valence-corrected chi connectivity index (χ1v) is 5.55. The van der Waals surface area contributed by atoms with Crippen molar-refractivity contribution in [3.05, 3.63) is 0 Å². The normalized spacial score (nSPS) is 13.9. The highest BCUT2D eigenvalue weighted by Crippen LogP contribution is 2.10. The van der Waals surface area contributed by atoms with Crippen molar-refractivity contribution < 1.29 is 19.5 Å². The van der Waals surface area contributed by atoms with Gasteiger partial charge in [-0.2, -0.15) is 0 Å². The van der Waals surface area contributed by atoms with Gasteiger partial charge < -0.3 is 15.7 Å². The number of carbonyl (C=O) groups is 3. The van der Waals surface area contributed by atoms with Crippen molar-refractivity contribution in [1.29, 1.82) is 0 Å². The van der Waals surface area contributed by atoms with Crippen LogP contribution in [0.25, 0.3) is 0 Å². The zero-order valence-corrected chi connectivity index (χ0v) is 10.6. The average Bonchev–Trinajstić information content (AvgIpc) is 2.22. The predicted molar refractivity (Wildman–Crippen MR) is 62.3 cm³/mol. The van der Waals surface area contributed by atoms with Crippen LogP contribution < -0.4 is 10.6 Å². The number of carboxylic acid groups (broad SMARTS) is 1. The molecular weight excluding hydrogens is 224 g/mol. The van der Waals surface area contributed by atoms with Crippen LogP contribution in [0.15, 0.2) is 0 Å². The number of carboxylic acids is 1. The Morgan fingerprint density at radius 2 is 1.59 bits per heavy atom. The molecule has 0 aromatic carbocycles. The fourth-order valence-electron chi connectivity index (χ4n) is 1.14. The number of hydrogen-bond donors (Lipinski definition) is 3. The van der Waals surface area contributed by atoms with Crippen LogP contribution in [0.5, 0.6) is 0 Å². The monoisotopic (exact) mass is 244 g/mol. The fourth-order valence-corrected chi connectivity index (χ4v) is 1.14. The highest BCUT2D eigenvalue weighted by molar-refractivity contribution is 5.88. The molecule has 0 aromatic rings. The first kappa shape index (κ1) is 15.4. The lowest BCUT2D eigenvalue weighted by Gasteiger charge is -2.16. The number of aliphatic carboxylic acids is 1. The summed E-state index contributed by atoms with van der Waals surface area (Å²) in [5.41, 5.74) is 0. The van der Waals surface area contributed by atoms with Crippen molar-refractivity contribution in [2.75, 3.05) is 6.54 Å². The number of rotatable bonds is 6. The van der Waals surface area contributed by atoms with Gasteiger partial charge in [-0.25, -0.2) is 0 Å². The van der Waals surface area contributed by atoms with Crippen molar-refractivity contribution in [2.45, 2.75) is 33.7 Å². The van der Waals surface area contributed by atoms with Crippen LogP contribution in [0.2, 0.25) is 0 Å². The Hall–Kier alpha value is -1.59. The van der Waals surface area contributed by atoms with Gasteiger partial charge in [-0.3, -0.25) is 14.4 Å². The molecule has 0 fully saturated rings. The number of carbonyl (C=O) groups excluding carboxylic acids is 2. The third kappa shape index (κ3) is 5.89. The van der Waals surface area contributed by atoms with Crippen LogP contribution >= 0.6 is 0 Å². The van der Waals surface area contributed by atoms with Crippen LogP contribution in [0.1, 0.15) is 27.7 Å². The minimum Gasteiger partial charge on any atom is -0.481 e. The molecule has 0 aliphatic rings. The molecule has 0 aliphatic heterocycles. The smallest absolute Gasteiger partial charge is 0.307 e. The molecule has 2 atom stereocenters. The maximum atomic E-state index is 11.5. The Morgan fingerprint density at radius 3 is 2.00 bits per heavy atom. The van der Waals surface area contributed by atoms with Crippen molar-refractivity contribution in [2.24, 2.45) is 11.8 Å². The Bertz CT molecular complexity index is 302. The summed E-state index contributed by atoms with van der Waals surface area (Å²) in [6, 6.07) is 0.00905. The first-order valence-electron chi connectivity index (χ1n) is 5.55. The first-order chi connectivity index (χ1) is 7.75. The second kappa shape index (κ2) is 6.88. The summed E-state index contributed by atoms with van der Waals surface area (Å²) in [6.07, 6.45) is 0. The van der Waals surface area contributed by atoms with Crippen LogP contribution in [-0.2, 0) is 14.4 Å². The van der Waals surface area contributed by atoms with E-state index >= 15 is 0 Å². The van der Waals surface area contributed by atoms with Crippen LogP contribution in [0.4, 0.5) is 0 Å². The zero-order chi connectivity index (χ0) is 13.6. The van der Waals surface area contributed by atoms with Gasteiger partial charge in [0.15, 0.2) is 0 Å². The van der Waals surface area contributed by atoms with Gasteiger partial charge in [0.2, 0.25) is 11.8 Å². The number of hydrogen-bond acceptors (Lipinski definition) is 3. The second-order valence-corrected chi connectivity index (χ2v) is 4.36. The number of nitrogens with one attached hydrogen (secondary N) is 2. The van der Waals surface area contributed by atoms with E-state index in [1.165, 1.54) is 13.8 Å². The van der Waals surface area contributed by atoms with E-state index in [1.54, 1.807) is 0 Å².